The summed E-state index contributed by atoms with van der Waals surface area (Å²) in [6.45, 7) is 8.12. The van der Waals surface area contributed by atoms with Crippen LogP contribution in [0.2, 0.25) is 0 Å². The molecule has 1 aliphatic carbocycles. The van der Waals surface area contributed by atoms with Crippen molar-refractivity contribution in [1.29, 1.82) is 0 Å². The van der Waals surface area contributed by atoms with Gasteiger partial charge >= 0.3 is 0 Å². The van der Waals surface area contributed by atoms with Crippen LogP contribution < -0.4 is 5.73 Å². The molecule has 0 amide bonds. The van der Waals surface area contributed by atoms with Crippen molar-refractivity contribution >= 4 is 0 Å². The lowest BCUT2D eigenvalue weighted by Gasteiger charge is -2.45. The minimum Gasteiger partial charge on any atom is -0.330 e. The van der Waals surface area contributed by atoms with E-state index in [2.05, 4.69) is 23.8 Å². The van der Waals surface area contributed by atoms with E-state index in [1.165, 1.54) is 58.3 Å². The molecule has 3 nitrogen and oxygen atoms in total. The zero-order valence-corrected chi connectivity index (χ0v) is 11.6. The third kappa shape index (κ3) is 3.21. The van der Waals surface area contributed by atoms with E-state index in [1.807, 2.05) is 0 Å². The third-order valence-electron chi connectivity index (χ3n) is 4.85. The fraction of sp³-hybridized carbons (Fsp3) is 1.00. The Labute approximate surface area is 106 Å². The van der Waals surface area contributed by atoms with Gasteiger partial charge in [0.1, 0.15) is 0 Å². The molecule has 2 N–H and O–H groups in total. The first-order valence-electron chi connectivity index (χ1n) is 7.28. The second kappa shape index (κ2) is 5.68. The molecule has 2 rings (SSSR count). The van der Waals surface area contributed by atoms with Gasteiger partial charge < -0.3 is 10.6 Å². The van der Waals surface area contributed by atoms with Crippen molar-refractivity contribution in [2.75, 3.05) is 39.8 Å². The van der Waals surface area contributed by atoms with Crippen LogP contribution in [0.5, 0.6) is 0 Å². The van der Waals surface area contributed by atoms with Gasteiger partial charge in [-0.25, -0.2) is 0 Å². The Morgan fingerprint density at radius 2 is 1.88 bits per heavy atom. The van der Waals surface area contributed by atoms with Crippen LogP contribution in [0, 0.1) is 5.41 Å². The Morgan fingerprint density at radius 1 is 1.18 bits per heavy atom. The molecular formula is C14H29N3. The normalized spacial score (nSPS) is 31.6. The second-order valence-corrected chi connectivity index (χ2v) is 6.35. The van der Waals surface area contributed by atoms with E-state index in [4.69, 9.17) is 5.73 Å². The molecule has 1 heterocycles. The molecule has 0 aromatic carbocycles. The predicted octanol–water partition coefficient (Wildman–Crippen LogP) is 1.53. The average molecular weight is 239 g/mol. The molecule has 1 saturated carbocycles. The first-order chi connectivity index (χ1) is 8.15. The van der Waals surface area contributed by atoms with Gasteiger partial charge in [-0.2, -0.15) is 0 Å². The fourth-order valence-corrected chi connectivity index (χ4v) is 3.57. The van der Waals surface area contributed by atoms with Gasteiger partial charge in [-0.3, -0.25) is 4.90 Å². The molecule has 0 bridgehead atoms. The van der Waals surface area contributed by atoms with Crippen molar-refractivity contribution in [3.05, 3.63) is 0 Å². The maximum absolute atomic E-state index is 6.09. The largest absolute Gasteiger partial charge is 0.330 e. The summed E-state index contributed by atoms with van der Waals surface area (Å²) in [4.78, 5) is 5.12. The number of nitrogens with zero attached hydrogens (tertiary/aromatic N) is 2. The zero-order valence-electron chi connectivity index (χ0n) is 11.6. The molecule has 1 aliphatic heterocycles. The van der Waals surface area contributed by atoms with Gasteiger partial charge in [0.25, 0.3) is 0 Å². The van der Waals surface area contributed by atoms with Gasteiger partial charge in [0, 0.05) is 32.2 Å². The molecule has 17 heavy (non-hydrogen) atoms. The Balaban J connectivity index is 1.93. The first-order valence-corrected chi connectivity index (χ1v) is 7.28. The lowest BCUT2D eigenvalue weighted by atomic mass is 9.73. The molecule has 100 valence electrons. The second-order valence-electron chi connectivity index (χ2n) is 6.35. The van der Waals surface area contributed by atoms with Crippen LogP contribution in [0.15, 0.2) is 0 Å². The molecule has 1 unspecified atom stereocenters. The van der Waals surface area contributed by atoms with Crippen LogP contribution in [0.25, 0.3) is 0 Å². The molecule has 3 heteroatoms. The van der Waals surface area contributed by atoms with Gasteiger partial charge in [-0.1, -0.05) is 19.3 Å². The predicted molar refractivity (Wildman–Crippen MR) is 73.1 cm³/mol. The number of piperazine rings is 1. The van der Waals surface area contributed by atoms with Gasteiger partial charge in [0.15, 0.2) is 0 Å². The SMILES string of the molecule is CC1CN(C)CCN1CC1(CN)CCCCC1. The molecule has 0 radical (unpaired) electrons. The van der Waals surface area contributed by atoms with E-state index in [0.29, 0.717) is 11.5 Å². The van der Waals surface area contributed by atoms with E-state index in [-0.39, 0.29) is 0 Å². The minimum absolute atomic E-state index is 0.433. The van der Waals surface area contributed by atoms with E-state index < -0.39 is 0 Å². The molecule has 1 atom stereocenters. The van der Waals surface area contributed by atoms with Crippen LogP contribution in [0.3, 0.4) is 0 Å². The van der Waals surface area contributed by atoms with Crippen molar-refractivity contribution in [2.45, 2.75) is 45.1 Å². The third-order valence-corrected chi connectivity index (χ3v) is 4.85. The van der Waals surface area contributed by atoms with Crippen molar-refractivity contribution in [2.24, 2.45) is 11.1 Å². The summed E-state index contributed by atoms with van der Waals surface area (Å²) in [6, 6.07) is 0.694. The van der Waals surface area contributed by atoms with E-state index in [1.54, 1.807) is 0 Å². The monoisotopic (exact) mass is 239 g/mol. The highest BCUT2D eigenvalue weighted by Crippen LogP contribution is 2.36. The summed E-state index contributed by atoms with van der Waals surface area (Å²) < 4.78 is 0. The summed E-state index contributed by atoms with van der Waals surface area (Å²) >= 11 is 0. The lowest BCUT2D eigenvalue weighted by Crippen LogP contribution is -2.55. The van der Waals surface area contributed by atoms with E-state index in [9.17, 15) is 0 Å². The summed E-state index contributed by atoms with van der Waals surface area (Å²) in [7, 11) is 2.23. The van der Waals surface area contributed by atoms with Crippen molar-refractivity contribution in [3.63, 3.8) is 0 Å². The highest BCUT2D eigenvalue weighted by atomic mass is 15.3. The maximum atomic E-state index is 6.09. The molecule has 1 saturated heterocycles. The summed E-state index contributed by atoms with van der Waals surface area (Å²) in [5.41, 5.74) is 6.52. The van der Waals surface area contributed by atoms with Gasteiger partial charge in [0.05, 0.1) is 0 Å². The molecule has 2 fully saturated rings. The standard InChI is InChI=1S/C14H29N3/c1-13-10-16(2)8-9-17(13)12-14(11-15)6-4-3-5-7-14/h13H,3-12,15H2,1-2H3. The quantitative estimate of drug-likeness (QED) is 0.811. The van der Waals surface area contributed by atoms with Gasteiger partial charge in [-0.15, -0.1) is 0 Å². The summed E-state index contributed by atoms with van der Waals surface area (Å²) in [6.07, 6.45) is 6.89. The number of hydrogen-bond donors (Lipinski definition) is 1. The van der Waals surface area contributed by atoms with Gasteiger partial charge in [0.2, 0.25) is 0 Å². The number of likely N-dealkylation sites (N-methyl/N-ethyl adjacent to an activating group) is 1. The van der Waals surface area contributed by atoms with Crippen LogP contribution in [0.4, 0.5) is 0 Å². The Kier molecular flexibility index (Phi) is 4.45. The van der Waals surface area contributed by atoms with Crippen LogP contribution in [0.1, 0.15) is 39.0 Å². The highest BCUT2D eigenvalue weighted by molar-refractivity contribution is 4.89. The Morgan fingerprint density at radius 3 is 2.47 bits per heavy atom. The van der Waals surface area contributed by atoms with Crippen molar-refractivity contribution in [3.8, 4) is 0 Å². The van der Waals surface area contributed by atoms with E-state index >= 15 is 0 Å². The van der Waals surface area contributed by atoms with Crippen LogP contribution in [-0.2, 0) is 0 Å². The van der Waals surface area contributed by atoms with Crippen molar-refractivity contribution < 1.29 is 0 Å². The fourth-order valence-electron chi connectivity index (χ4n) is 3.57. The van der Waals surface area contributed by atoms with Crippen molar-refractivity contribution in [1.82, 2.24) is 9.80 Å². The Hall–Kier alpha value is -0.120. The average Bonchev–Trinajstić information content (AvgIpc) is 2.34. The van der Waals surface area contributed by atoms with E-state index in [0.717, 1.165) is 6.54 Å². The molecule has 2 aliphatic rings. The Bertz CT molecular complexity index is 236. The molecule has 0 aromatic rings. The first kappa shape index (κ1) is 13.3. The van der Waals surface area contributed by atoms with Crippen LogP contribution >= 0.6 is 0 Å². The highest BCUT2D eigenvalue weighted by Gasteiger charge is 2.34. The molecule has 0 spiro atoms. The summed E-state index contributed by atoms with van der Waals surface area (Å²) in [5.74, 6) is 0. The molecule has 0 aromatic heterocycles. The number of nitrogens with two attached hydrogens (primary N) is 1. The smallest absolute Gasteiger partial charge is 0.0195 e. The summed E-state index contributed by atoms with van der Waals surface area (Å²) in [5, 5.41) is 0. The lowest BCUT2D eigenvalue weighted by molar-refractivity contribution is 0.0406. The minimum atomic E-state index is 0.433. The topological polar surface area (TPSA) is 32.5 Å². The zero-order chi connectivity index (χ0) is 12.3. The number of hydrogen-bond acceptors (Lipinski definition) is 3. The van der Waals surface area contributed by atoms with Gasteiger partial charge in [-0.05, 0) is 38.8 Å². The molecular weight excluding hydrogens is 210 g/mol. The van der Waals surface area contributed by atoms with Crippen LogP contribution in [-0.4, -0.2) is 55.6 Å². The maximum Gasteiger partial charge on any atom is 0.0195 e. The number of rotatable bonds is 3.